The molecule has 18 heavy (non-hydrogen) atoms. The first-order valence-electron chi connectivity index (χ1n) is 5.43. The average molecular weight is 282 g/mol. The van der Waals surface area contributed by atoms with Crippen LogP contribution in [-0.4, -0.2) is 16.7 Å². The number of thiazole rings is 1. The van der Waals surface area contributed by atoms with Crippen LogP contribution in [0.1, 0.15) is 20.8 Å². The van der Waals surface area contributed by atoms with Crippen molar-refractivity contribution in [2.45, 2.75) is 26.4 Å². The minimum atomic E-state index is -0.502. The first kappa shape index (κ1) is 13.0. The van der Waals surface area contributed by atoms with E-state index in [0.717, 1.165) is 10.6 Å². The number of aromatic nitrogens is 1. The summed E-state index contributed by atoms with van der Waals surface area (Å²) in [5, 5.41) is 7.09. The van der Waals surface area contributed by atoms with Gasteiger partial charge in [0, 0.05) is 5.38 Å². The molecule has 2 aromatic rings. The molecule has 2 aromatic heterocycles. The average Bonchev–Trinajstić information content (AvgIpc) is 2.82. The molecule has 0 aromatic carbocycles. The Morgan fingerprint density at radius 3 is 2.78 bits per heavy atom. The van der Waals surface area contributed by atoms with Crippen molar-refractivity contribution in [3.05, 3.63) is 22.9 Å². The first-order chi connectivity index (χ1) is 8.44. The van der Waals surface area contributed by atoms with Crippen LogP contribution in [0.5, 0.6) is 0 Å². The van der Waals surface area contributed by atoms with E-state index in [2.05, 4.69) is 10.3 Å². The van der Waals surface area contributed by atoms with Crippen molar-refractivity contribution in [3.8, 4) is 10.6 Å². The van der Waals surface area contributed by atoms with Crippen LogP contribution >= 0.6 is 22.7 Å². The van der Waals surface area contributed by atoms with Crippen LogP contribution in [0.2, 0.25) is 0 Å². The van der Waals surface area contributed by atoms with E-state index >= 15 is 0 Å². The third-order valence-electron chi connectivity index (χ3n) is 1.89. The Kier molecular flexibility index (Phi) is 3.68. The summed E-state index contributed by atoms with van der Waals surface area (Å²) in [5.41, 5.74) is 0.374. The maximum absolute atomic E-state index is 11.6. The number of anilines is 1. The van der Waals surface area contributed by atoms with Crippen LogP contribution in [0.3, 0.4) is 0 Å². The zero-order valence-corrected chi connectivity index (χ0v) is 12.0. The van der Waals surface area contributed by atoms with Crippen LogP contribution in [0.4, 0.5) is 9.93 Å². The number of carbonyl (C=O) groups is 1. The van der Waals surface area contributed by atoms with Gasteiger partial charge in [-0.1, -0.05) is 6.07 Å². The van der Waals surface area contributed by atoms with Gasteiger partial charge in [-0.25, -0.2) is 9.78 Å². The number of nitrogens with one attached hydrogen (secondary N) is 1. The van der Waals surface area contributed by atoms with Crippen molar-refractivity contribution in [1.29, 1.82) is 0 Å². The summed E-state index contributed by atoms with van der Waals surface area (Å²) >= 11 is 3.00. The molecule has 1 amide bonds. The van der Waals surface area contributed by atoms with Gasteiger partial charge in [0.15, 0.2) is 5.13 Å². The molecular weight excluding hydrogens is 268 g/mol. The summed E-state index contributed by atoms with van der Waals surface area (Å²) in [6.45, 7) is 5.47. The largest absolute Gasteiger partial charge is 0.444 e. The predicted molar refractivity (Wildman–Crippen MR) is 75.3 cm³/mol. The molecule has 0 aliphatic carbocycles. The van der Waals surface area contributed by atoms with Gasteiger partial charge in [0.1, 0.15) is 5.60 Å². The Labute approximate surface area is 114 Å². The SMILES string of the molecule is CC(C)(C)OC(=O)Nc1nc(-c2cccs2)cs1. The number of hydrogen-bond acceptors (Lipinski definition) is 5. The fourth-order valence-corrected chi connectivity index (χ4v) is 2.72. The summed E-state index contributed by atoms with van der Waals surface area (Å²) in [6.07, 6.45) is -0.477. The lowest BCUT2D eigenvalue weighted by Crippen LogP contribution is -2.27. The lowest BCUT2D eigenvalue weighted by molar-refractivity contribution is 0.0636. The number of ether oxygens (including phenoxy) is 1. The fourth-order valence-electron chi connectivity index (χ4n) is 1.26. The highest BCUT2D eigenvalue weighted by molar-refractivity contribution is 7.16. The normalized spacial score (nSPS) is 11.3. The van der Waals surface area contributed by atoms with Gasteiger partial charge in [-0.3, -0.25) is 5.32 Å². The molecule has 0 bridgehead atoms. The highest BCUT2D eigenvalue weighted by Crippen LogP contribution is 2.28. The van der Waals surface area contributed by atoms with E-state index in [4.69, 9.17) is 4.74 Å². The Morgan fingerprint density at radius 2 is 2.17 bits per heavy atom. The summed E-state index contributed by atoms with van der Waals surface area (Å²) in [5.74, 6) is 0. The molecule has 0 saturated carbocycles. The van der Waals surface area contributed by atoms with Crippen LogP contribution < -0.4 is 5.32 Å². The van der Waals surface area contributed by atoms with Crippen molar-refractivity contribution in [3.63, 3.8) is 0 Å². The first-order valence-corrected chi connectivity index (χ1v) is 7.19. The molecule has 0 saturated heterocycles. The second-order valence-electron chi connectivity index (χ2n) is 4.64. The van der Waals surface area contributed by atoms with E-state index in [1.807, 2.05) is 43.7 Å². The molecule has 0 unspecified atom stereocenters. The van der Waals surface area contributed by atoms with Crippen LogP contribution in [0, 0.1) is 0 Å². The summed E-state index contributed by atoms with van der Waals surface area (Å²) in [4.78, 5) is 17.0. The van der Waals surface area contributed by atoms with Gasteiger partial charge in [0.2, 0.25) is 0 Å². The maximum Gasteiger partial charge on any atom is 0.413 e. The van der Waals surface area contributed by atoms with E-state index in [0.29, 0.717) is 5.13 Å². The minimum absolute atomic E-state index is 0.477. The zero-order chi connectivity index (χ0) is 13.2. The molecule has 4 nitrogen and oxygen atoms in total. The molecule has 96 valence electrons. The highest BCUT2D eigenvalue weighted by Gasteiger charge is 2.17. The lowest BCUT2D eigenvalue weighted by Gasteiger charge is -2.18. The van der Waals surface area contributed by atoms with Crippen molar-refractivity contribution >= 4 is 33.9 Å². The van der Waals surface area contributed by atoms with E-state index in [-0.39, 0.29) is 0 Å². The molecule has 0 radical (unpaired) electrons. The molecule has 0 fully saturated rings. The molecular formula is C12H14N2O2S2. The smallest absolute Gasteiger partial charge is 0.413 e. The molecule has 0 spiro atoms. The fraction of sp³-hybridized carbons (Fsp3) is 0.333. The second kappa shape index (κ2) is 5.07. The molecule has 2 rings (SSSR count). The van der Waals surface area contributed by atoms with Crippen LogP contribution in [0.25, 0.3) is 10.6 Å². The maximum atomic E-state index is 11.6. The number of nitrogens with zero attached hydrogens (tertiary/aromatic N) is 1. The molecule has 0 aliphatic rings. The van der Waals surface area contributed by atoms with Gasteiger partial charge >= 0.3 is 6.09 Å². The van der Waals surface area contributed by atoms with Crippen molar-refractivity contribution in [2.24, 2.45) is 0 Å². The molecule has 0 atom stereocenters. The predicted octanol–water partition coefficient (Wildman–Crippen LogP) is 4.22. The van der Waals surface area contributed by atoms with Gasteiger partial charge in [0.25, 0.3) is 0 Å². The van der Waals surface area contributed by atoms with Gasteiger partial charge < -0.3 is 4.74 Å². The highest BCUT2D eigenvalue weighted by atomic mass is 32.1. The molecule has 2 heterocycles. The topological polar surface area (TPSA) is 51.2 Å². The Bertz CT molecular complexity index is 527. The van der Waals surface area contributed by atoms with Gasteiger partial charge in [-0.15, -0.1) is 22.7 Å². The summed E-state index contributed by atoms with van der Waals surface area (Å²) in [7, 11) is 0. The number of carbonyl (C=O) groups excluding carboxylic acids is 1. The van der Waals surface area contributed by atoms with E-state index in [1.54, 1.807) is 11.3 Å². The summed E-state index contributed by atoms with van der Waals surface area (Å²) in [6, 6.07) is 3.97. The van der Waals surface area contributed by atoms with Gasteiger partial charge in [-0.05, 0) is 32.2 Å². The quantitative estimate of drug-likeness (QED) is 0.897. The molecule has 6 heteroatoms. The van der Waals surface area contributed by atoms with Gasteiger partial charge in [-0.2, -0.15) is 0 Å². The minimum Gasteiger partial charge on any atom is -0.444 e. The third-order valence-corrected chi connectivity index (χ3v) is 3.54. The van der Waals surface area contributed by atoms with Crippen molar-refractivity contribution in [2.75, 3.05) is 5.32 Å². The number of amides is 1. The number of rotatable bonds is 2. The van der Waals surface area contributed by atoms with Crippen LogP contribution in [0.15, 0.2) is 22.9 Å². The Hall–Kier alpha value is -1.40. The van der Waals surface area contributed by atoms with Crippen molar-refractivity contribution < 1.29 is 9.53 Å². The van der Waals surface area contributed by atoms with Crippen LogP contribution in [-0.2, 0) is 4.74 Å². The number of thiophene rings is 1. The second-order valence-corrected chi connectivity index (χ2v) is 6.45. The lowest BCUT2D eigenvalue weighted by atomic mass is 10.2. The van der Waals surface area contributed by atoms with Crippen molar-refractivity contribution in [1.82, 2.24) is 4.98 Å². The Balaban J connectivity index is 2.01. The van der Waals surface area contributed by atoms with E-state index in [9.17, 15) is 4.79 Å². The summed E-state index contributed by atoms with van der Waals surface area (Å²) < 4.78 is 5.16. The Morgan fingerprint density at radius 1 is 1.39 bits per heavy atom. The monoisotopic (exact) mass is 282 g/mol. The zero-order valence-electron chi connectivity index (χ0n) is 10.4. The number of hydrogen-bond donors (Lipinski definition) is 1. The standard InChI is InChI=1S/C12H14N2O2S2/c1-12(2,3)16-11(15)14-10-13-8(7-18-10)9-5-4-6-17-9/h4-7H,1-3H3,(H,13,14,15). The third kappa shape index (κ3) is 3.54. The molecule has 1 N–H and O–H groups in total. The van der Waals surface area contributed by atoms with Gasteiger partial charge in [0.05, 0.1) is 10.6 Å². The molecule has 0 aliphatic heterocycles. The van der Waals surface area contributed by atoms with E-state index in [1.165, 1.54) is 11.3 Å². The van der Waals surface area contributed by atoms with E-state index < -0.39 is 11.7 Å².